The highest BCUT2D eigenvalue weighted by atomic mass is 32.2. The first kappa shape index (κ1) is 12.7. The fourth-order valence-electron chi connectivity index (χ4n) is 1.26. The Morgan fingerprint density at radius 2 is 2.00 bits per heavy atom. The van der Waals surface area contributed by atoms with Crippen molar-refractivity contribution < 1.29 is 19.4 Å². The molecule has 4 nitrogen and oxygen atoms in total. The molecule has 1 fully saturated rings. The van der Waals surface area contributed by atoms with Gasteiger partial charge in [-0.15, -0.1) is 23.5 Å². The molecule has 15 heavy (non-hydrogen) atoms. The third-order valence-corrected chi connectivity index (χ3v) is 5.74. The summed E-state index contributed by atoms with van der Waals surface area (Å²) >= 11 is 3.03. The van der Waals surface area contributed by atoms with Crippen LogP contribution in [0, 0.1) is 5.41 Å². The molecule has 1 N–H and O–H groups in total. The van der Waals surface area contributed by atoms with Crippen molar-refractivity contribution >= 4 is 35.5 Å². The van der Waals surface area contributed by atoms with Crippen molar-refractivity contribution in [1.29, 1.82) is 0 Å². The normalized spacial score (nSPS) is 20.9. The predicted molar refractivity (Wildman–Crippen MR) is 61.1 cm³/mol. The number of hydrogen-bond acceptors (Lipinski definition) is 5. The Kier molecular flexibility index (Phi) is 4.33. The maximum atomic E-state index is 11.7. The van der Waals surface area contributed by atoms with Crippen molar-refractivity contribution in [3.8, 4) is 0 Å². The first-order chi connectivity index (χ1) is 7.03. The minimum atomic E-state index is -1.43. The fraction of sp³-hybridized carbons (Fsp3) is 0.778. The number of thioether (sulfide) groups is 2. The van der Waals surface area contributed by atoms with Crippen LogP contribution in [0.25, 0.3) is 0 Å². The molecule has 6 heteroatoms. The van der Waals surface area contributed by atoms with E-state index in [9.17, 15) is 9.59 Å². The van der Waals surface area contributed by atoms with E-state index in [4.69, 9.17) is 9.84 Å². The number of hydrogen-bond donors (Lipinski definition) is 1. The minimum Gasteiger partial charge on any atom is -0.480 e. The lowest BCUT2D eigenvalue weighted by atomic mass is 9.93. The second-order valence-corrected chi connectivity index (χ2v) is 6.03. The molecule has 1 unspecified atom stereocenters. The average Bonchev–Trinajstić information content (AvgIpc) is 2.69. The molecule has 0 aromatic carbocycles. The first-order valence-corrected chi connectivity index (χ1v) is 6.77. The van der Waals surface area contributed by atoms with Crippen LogP contribution in [0.15, 0.2) is 0 Å². The molecule has 0 aliphatic carbocycles. The summed E-state index contributed by atoms with van der Waals surface area (Å²) in [5.74, 6) is 0.0344. The molecule has 1 saturated heterocycles. The molecule has 1 aliphatic heterocycles. The van der Waals surface area contributed by atoms with Crippen molar-refractivity contribution in [2.75, 3.05) is 18.1 Å². The number of rotatable bonds is 4. The smallest absolute Gasteiger partial charge is 0.325 e. The van der Waals surface area contributed by atoms with Gasteiger partial charge in [0.15, 0.2) is 5.41 Å². The summed E-state index contributed by atoms with van der Waals surface area (Å²) in [6.45, 7) is 3.34. The van der Waals surface area contributed by atoms with E-state index < -0.39 is 17.4 Å². The van der Waals surface area contributed by atoms with Gasteiger partial charge in [0.25, 0.3) is 0 Å². The van der Waals surface area contributed by atoms with Gasteiger partial charge in [-0.05, 0) is 13.8 Å². The van der Waals surface area contributed by atoms with E-state index in [2.05, 4.69) is 0 Å². The molecular weight excluding hydrogens is 236 g/mol. The standard InChI is InChI=1S/C9H14O4S2/c1-3-13-7(12)9(2,6(10)11)8-14-4-5-15-8/h8H,3-5H2,1-2H3,(H,10,11). The summed E-state index contributed by atoms with van der Waals surface area (Å²) < 4.78 is 4.59. The van der Waals surface area contributed by atoms with E-state index in [1.54, 1.807) is 6.92 Å². The van der Waals surface area contributed by atoms with Crippen LogP contribution >= 0.6 is 23.5 Å². The van der Waals surface area contributed by atoms with E-state index in [1.807, 2.05) is 0 Å². The van der Waals surface area contributed by atoms with Gasteiger partial charge in [0.1, 0.15) is 0 Å². The molecule has 1 atom stereocenters. The van der Waals surface area contributed by atoms with Crippen LogP contribution in [0.4, 0.5) is 0 Å². The van der Waals surface area contributed by atoms with Crippen LogP contribution in [-0.4, -0.2) is 39.7 Å². The topological polar surface area (TPSA) is 63.6 Å². The van der Waals surface area contributed by atoms with Crippen molar-refractivity contribution in [3.05, 3.63) is 0 Å². The van der Waals surface area contributed by atoms with Gasteiger partial charge < -0.3 is 9.84 Å². The maximum absolute atomic E-state index is 11.7. The fourth-order valence-corrected chi connectivity index (χ4v) is 4.48. The Morgan fingerprint density at radius 3 is 2.40 bits per heavy atom. The largest absolute Gasteiger partial charge is 0.480 e. The Bertz CT molecular complexity index is 263. The molecule has 0 saturated carbocycles. The second-order valence-electron chi connectivity index (χ2n) is 3.30. The molecule has 0 bridgehead atoms. The van der Waals surface area contributed by atoms with E-state index in [0.717, 1.165) is 11.5 Å². The predicted octanol–water partition coefficient (Wildman–Crippen LogP) is 1.45. The molecular formula is C9H14O4S2. The number of carbonyl (C=O) groups excluding carboxylic acids is 1. The average molecular weight is 250 g/mol. The highest BCUT2D eigenvalue weighted by molar-refractivity contribution is 8.20. The summed E-state index contributed by atoms with van der Waals surface area (Å²) in [7, 11) is 0. The number of carboxylic acid groups (broad SMARTS) is 1. The van der Waals surface area contributed by atoms with Gasteiger partial charge in [0.2, 0.25) is 0 Å². The lowest BCUT2D eigenvalue weighted by Gasteiger charge is -2.27. The summed E-state index contributed by atoms with van der Waals surface area (Å²) in [5.41, 5.74) is -1.43. The lowest BCUT2D eigenvalue weighted by molar-refractivity contribution is -0.165. The second kappa shape index (κ2) is 5.12. The van der Waals surface area contributed by atoms with E-state index in [0.29, 0.717) is 0 Å². The summed E-state index contributed by atoms with van der Waals surface area (Å²) in [6.07, 6.45) is 0. The van der Waals surface area contributed by atoms with Gasteiger partial charge in [-0.1, -0.05) is 0 Å². The summed E-state index contributed by atoms with van der Waals surface area (Å²) in [4.78, 5) is 22.9. The number of carboxylic acids is 1. The van der Waals surface area contributed by atoms with Crippen LogP contribution in [0.3, 0.4) is 0 Å². The lowest BCUT2D eigenvalue weighted by Crippen LogP contribution is -2.44. The Balaban J connectivity index is 2.86. The molecule has 1 aliphatic rings. The number of esters is 1. The Labute approximate surface area is 97.1 Å². The maximum Gasteiger partial charge on any atom is 0.325 e. The van der Waals surface area contributed by atoms with Crippen LogP contribution in [0.5, 0.6) is 0 Å². The molecule has 1 heterocycles. The third-order valence-electron chi connectivity index (χ3n) is 2.24. The molecule has 0 amide bonds. The summed E-state index contributed by atoms with van der Waals surface area (Å²) in [5, 5.41) is 9.16. The molecule has 0 aromatic heterocycles. The van der Waals surface area contributed by atoms with Gasteiger partial charge in [0, 0.05) is 11.5 Å². The highest BCUT2D eigenvalue weighted by Gasteiger charge is 2.51. The number of aliphatic carboxylic acids is 1. The first-order valence-electron chi connectivity index (χ1n) is 4.67. The number of ether oxygens (including phenoxy) is 1. The van der Waals surface area contributed by atoms with Gasteiger partial charge in [0.05, 0.1) is 11.2 Å². The summed E-state index contributed by atoms with van der Waals surface area (Å²) in [6, 6.07) is 0. The van der Waals surface area contributed by atoms with Gasteiger partial charge in [-0.25, -0.2) is 0 Å². The van der Waals surface area contributed by atoms with Gasteiger partial charge in [-0.2, -0.15) is 0 Å². The monoisotopic (exact) mass is 250 g/mol. The van der Waals surface area contributed by atoms with Crippen molar-refractivity contribution in [1.82, 2.24) is 0 Å². The SMILES string of the molecule is CCOC(=O)C(C)(C(=O)O)C1SCCS1. The number of carbonyl (C=O) groups is 2. The Morgan fingerprint density at radius 1 is 1.47 bits per heavy atom. The molecule has 0 radical (unpaired) electrons. The quantitative estimate of drug-likeness (QED) is 0.602. The van der Waals surface area contributed by atoms with Crippen LogP contribution in [-0.2, 0) is 14.3 Å². The van der Waals surface area contributed by atoms with Crippen molar-refractivity contribution in [2.24, 2.45) is 5.41 Å². The third kappa shape index (κ3) is 2.42. The van der Waals surface area contributed by atoms with Crippen LogP contribution in [0.2, 0.25) is 0 Å². The zero-order valence-electron chi connectivity index (χ0n) is 8.69. The van der Waals surface area contributed by atoms with Gasteiger partial charge in [-0.3, -0.25) is 9.59 Å². The van der Waals surface area contributed by atoms with Crippen molar-refractivity contribution in [3.63, 3.8) is 0 Å². The van der Waals surface area contributed by atoms with E-state index in [-0.39, 0.29) is 11.2 Å². The van der Waals surface area contributed by atoms with E-state index in [1.165, 1.54) is 30.4 Å². The molecule has 0 aromatic rings. The minimum absolute atomic E-state index is 0.212. The zero-order chi connectivity index (χ0) is 11.5. The zero-order valence-corrected chi connectivity index (χ0v) is 10.3. The highest BCUT2D eigenvalue weighted by Crippen LogP contribution is 2.45. The Hall–Kier alpha value is -0.360. The van der Waals surface area contributed by atoms with E-state index >= 15 is 0 Å². The van der Waals surface area contributed by atoms with Gasteiger partial charge >= 0.3 is 11.9 Å². The van der Waals surface area contributed by atoms with Crippen molar-refractivity contribution in [2.45, 2.75) is 18.4 Å². The molecule has 86 valence electrons. The van der Waals surface area contributed by atoms with Crippen LogP contribution < -0.4 is 0 Å². The van der Waals surface area contributed by atoms with Crippen LogP contribution in [0.1, 0.15) is 13.8 Å². The molecule has 0 spiro atoms. The molecule has 1 rings (SSSR count).